The zero-order chi connectivity index (χ0) is 18.6. The van der Waals surface area contributed by atoms with Gasteiger partial charge in [0.1, 0.15) is 0 Å². The van der Waals surface area contributed by atoms with Crippen molar-refractivity contribution in [2.45, 2.75) is 77.2 Å². The fourth-order valence-electron chi connectivity index (χ4n) is 3.37. The van der Waals surface area contributed by atoms with Crippen LogP contribution in [0, 0.1) is 0 Å². The molecule has 1 N–H and O–H groups in total. The molecule has 1 aromatic carbocycles. The van der Waals surface area contributed by atoms with Crippen molar-refractivity contribution in [3.63, 3.8) is 0 Å². The number of hydrogen-bond donors (Lipinski definition) is 1. The van der Waals surface area contributed by atoms with E-state index in [9.17, 15) is 4.79 Å². The number of rotatable bonds is 3. The van der Waals surface area contributed by atoms with E-state index in [2.05, 4.69) is 15.5 Å². The third-order valence-corrected chi connectivity index (χ3v) is 4.94. The standard InChI is InChI=1S/C21H29N3O2/c1-21(2,3)20-23-19(26-24-20)17-14-10-9-13-16(17)18(25)22-15-11-7-5-4-6-8-12-15/h9-10,13-15H,4-8,11-12H2,1-3H3,(H,22,25). The molecule has 0 atom stereocenters. The number of benzene rings is 1. The third kappa shape index (κ3) is 4.51. The molecule has 1 fully saturated rings. The van der Waals surface area contributed by atoms with E-state index >= 15 is 0 Å². The van der Waals surface area contributed by atoms with Crippen LogP contribution in [-0.2, 0) is 5.41 Å². The maximum atomic E-state index is 12.9. The van der Waals surface area contributed by atoms with Crippen LogP contribution in [-0.4, -0.2) is 22.1 Å². The molecule has 3 rings (SSSR count). The Morgan fingerprint density at radius 2 is 1.73 bits per heavy atom. The van der Waals surface area contributed by atoms with E-state index in [1.165, 1.54) is 32.1 Å². The normalized spacial score (nSPS) is 16.7. The minimum absolute atomic E-state index is 0.0540. The van der Waals surface area contributed by atoms with Gasteiger partial charge in [0.15, 0.2) is 5.82 Å². The van der Waals surface area contributed by atoms with Crippen molar-refractivity contribution in [3.8, 4) is 11.5 Å². The largest absolute Gasteiger partial charge is 0.349 e. The van der Waals surface area contributed by atoms with Crippen LogP contribution in [0.15, 0.2) is 28.8 Å². The first-order valence-corrected chi connectivity index (χ1v) is 9.69. The Bertz CT molecular complexity index is 738. The molecular weight excluding hydrogens is 326 g/mol. The van der Waals surface area contributed by atoms with E-state index in [0.717, 1.165) is 12.8 Å². The average Bonchev–Trinajstić information content (AvgIpc) is 3.07. The summed E-state index contributed by atoms with van der Waals surface area (Å²) in [4.78, 5) is 17.4. The van der Waals surface area contributed by atoms with Crippen LogP contribution in [0.5, 0.6) is 0 Å². The number of nitrogens with one attached hydrogen (secondary N) is 1. The summed E-state index contributed by atoms with van der Waals surface area (Å²) in [5, 5.41) is 7.31. The number of nitrogens with zero attached hydrogens (tertiary/aromatic N) is 2. The van der Waals surface area contributed by atoms with Gasteiger partial charge in [0.05, 0.1) is 11.1 Å². The first-order chi connectivity index (χ1) is 12.4. The SMILES string of the molecule is CC(C)(C)c1noc(-c2ccccc2C(=O)NC2CCCCCCC2)n1. The van der Waals surface area contributed by atoms with Gasteiger partial charge in [-0.05, 0) is 25.0 Å². The third-order valence-electron chi connectivity index (χ3n) is 4.94. The molecule has 5 heteroatoms. The summed E-state index contributed by atoms with van der Waals surface area (Å²) in [6.07, 6.45) is 8.33. The Labute approximate surface area is 155 Å². The van der Waals surface area contributed by atoms with Gasteiger partial charge >= 0.3 is 0 Å². The van der Waals surface area contributed by atoms with E-state index < -0.39 is 0 Å². The maximum absolute atomic E-state index is 12.9. The minimum Gasteiger partial charge on any atom is -0.349 e. The molecule has 0 saturated heterocycles. The van der Waals surface area contributed by atoms with Crippen LogP contribution >= 0.6 is 0 Å². The summed E-state index contributed by atoms with van der Waals surface area (Å²) in [6, 6.07) is 7.71. The highest BCUT2D eigenvalue weighted by molar-refractivity contribution is 6.00. The van der Waals surface area contributed by atoms with Gasteiger partial charge in [-0.3, -0.25) is 4.79 Å². The second-order valence-corrected chi connectivity index (χ2v) is 8.23. The molecule has 2 aromatic rings. The molecule has 5 nitrogen and oxygen atoms in total. The number of hydrogen-bond acceptors (Lipinski definition) is 4. The fourth-order valence-corrected chi connectivity index (χ4v) is 3.37. The van der Waals surface area contributed by atoms with Crippen LogP contribution < -0.4 is 5.32 Å². The van der Waals surface area contributed by atoms with Crippen molar-refractivity contribution in [1.29, 1.82) is 0 Å². The monoisotopic (exact) mass is 355 g/mol. The van der Waals surface area contributed by atoms with Crippen LogP contribution in [0.3, 0.4) is 0 Å². The smallest absolute Gasteiger partial charge is 0.258 e. The molecule has 1 aliphatic rings. The van der Waals surface area contributed by atoms with E-state index in [1.54, 1.807) is 0 Å². The van der Waals surface area contributed by atoms with Crippen molar-refractivity contribution >= 4 is 5.91 Å². The Kier molecular flexibility index (Phi) is 5.74. The maximum Gasteiger partial charge on any atom is 0.258 e. The van der Waals surface area contributed by atoms with Crippen molar-refractivity contribution in [1.82, 2.24) is 15.5 Å². The topological polar surface area (TPSA) is 68.0 Å². The van der Waals surface area contributed by atoms with Crippen molar-refractivity contribution in [3.05, 3.63) is 35.7 Å². The second-order valence-electron chi connectivity index (χ2n) is 8.23. The van der Waals surface area contributed by atoms with Gasteiger partial charge in [0, 0.05) is 11.5 Å². The van der Waals surface area contributed by atoms with Crippen LogP contribution in [0.4, 0.5) is 0 Å². The molecule has 0 unspecified atom stereocenters. The van der Waals surface area contributed by atoms with Crippen molar-refractivity contribution in [2.24, 2.45) is 0 Å². The molecule has 140 valence electrons. The van der Waals surface area contributed by atoms with Gasteiger partial charge in [0.2, 0.25) is 0 Å². The van der Waals surface area contributed by atoms with Crippen LogP contribution in [0.2, 0.25) is 0 Å². The lowest BCUT2D eigenvalue weighted by molar-refractivity contribution is 0.0931. The summed E-state index contributed by atoms with van der Waals surface area (Å²) in [5.41, 5.74) is 1.09. The molecule has 1 heterocycles. The quantitative estimate of drug-likeness (QED) is 0.852. The van der Waals surface area contributed by atoms with E-state index in [0.29, 0.717) is 22.8 Å². The fraction of sp³-hybridized carbons (Fsp3) is 0.571. The lowest BCUT2D eigenvalue weighted by atomic mass is 9.96. The summed E-state index contributed by atoms with van der Waals surface area (Å²) in [5.74, 6) is 0.989. The number of carbonyl (C=O) groups excluding carboxylic acids is 1. The van der Waals surface area contributed by atoms with Gasteiger partial charge in [-0.25, -0.2) is 0 Å². The number of amides is 1. The van der Waals surface area contributed by atoms with Gasteiger partial charge in [-0.15, -0.1) is 0 Å². The second kappa shape index (κ2) is 8.02. The average molecular weight is 355 g/mol. The highest BCUT2D eigenvalue weighted by atomic mass is 16.5. The highest BCUT2D eigenvalue weighted by Gasteiger charge is 2.24. The lowest BCUT2D eigenvalue weighted by Gasteiger charge is -2.21. The Morgan fingerprint density at radius 1 is 1.08 bits per heavy atom. The van der Waals surface area contributed by atoms with Gasteiger partial charge in [0.25, 0.3) is 11.8 Å². The summed E-state index contributed by atoms with van der Waals surface area (Å²) >= 11 is 0. The van der Waals surface area contributed by atoms with Crippen molar-refractivity contribution < 1.29 is 9.32 Å². The molecule has 0 aliphatic heterocycles. The van der Waals surface area contributed by atoms with Crippen LogP contribution in [0.25, 0.3) is 11.5 Å². The summed E-state index contributed by atoms with van der Waals surface area (Å²) < 4.78 is 5.45. The van der Waals surface area contributed by atoms with E-state index in [1.807, 2.05) is 45.0 Å². The summed E-state index contributed by atoms with van der Waals surface area (Å²) in [6.45, 7) is 6.11. The molecular formula is C21H29N3O2. The zero-order valence-electron chi connectivity index (χ0n) is 16.0. The van der Waals surface area contributed by atoms with Gasteiger partial charge in [-0.2, -0.15) is 4.98 Å². The predicted octanol–water partition coefficient (Wildman–Crippen LogP) is 4.88. The minimum atomic E-state index is -0.197. The zero-order valence-corrected chi connectivity index (χ0v) is 16.0. The first-order valence-electron chi connectivity index (χ1n) is 9.69. The summed E-state index contributed by atoms with van der Waals surface area (Å²) in [7, 11) is 0. The predicted molar refractivity (Wildman–Crippen MR) is 102 cm³/mol. The number of carbonyl (C=O) groups is 1. The molecule has 1 aromatic heterocycles. The Morgan fingerprint density at radius 3 is 2.38 bits per heavy atom. The van der Waals surface area contributed by atoms with Gasteiger partial charge < -0.3 is 9.84 Å². The van der Waals surface area contributed by atoms with Crippen molar-refractivity contribution in [2.75, 3.05) is 0 Å². The molecule has 1 amide bonds. The first kappa shape index (κ1) is 18.6. The lowest BCUT2D eigenvalue weighted by Crippen LogP contribution is -2.35. The Balaban J connectivity index is 1.80. The van der Waals surface area contributed by atoms with Crippen LogP contribution in [0.1, 0.15) is 81.9 Å². The highest BCUT2D eigenvalue weighted by Crippen LogP contribution is 2.26. The molecule has 0 radical (unpaired) electrons. The molecule has 1 saturated carbocycles. The molecule has 1 aliphatic carbocycles. The van der Waals surface area contributed by atoms with E-state index in [-0.39, 0.29) is 17.4 Å². The molecule has 0 bridgehead atoms. The molecule has 0 spiro atoms. The Hall–Kier alpha value is -2.17. The van der Waals surface area contributed by atoms with Gasteiger partial charge in [-0.1, -0.05) is 70.2 Å². The van der Waals surface area contributed by atoms with E-state index in [4.69, 9.17) is 4.52 Å². The number of aromatic nitrogens is 2. The molecule has 26 heavy (non-hydrogen) atoms.